The Morgan fingerprint density at radius 1 is 1.43 bits per heavy atom. The summed E-state index contributed by atoms with van der Waals surface area (Å²) in [7, 11) is 0. The highest BCUT2D eigenvalue weighted by Gasteiger charge is 2.15. The molecular weight excluding hydrogens is 275 g/mol. The zero-order valence-electron chi connectivity index (χ0n) is 12.0. The molecule has 0 heterocycles. The van der Waals surface area contributed by atoms with Crippen LogP contribution in [-0.2, 0) is 9.59 Å². The van der Waals surface area contributed by atoms with E-state index in [1.54, 1.807) is 11.0 Å². The number of primary amides is 1. The van der Waals surface area contributed by atoms with Crippen molar-refractivity contribution in [1.29, 1.82) is 0 Å². The lowest BCUT2D eigenvalue weighted by molar-refractivity contribution is -0.131. The number of carbonyl (C=O) groups excluding carboxylic acids is 1. The molecule has 0 spiro atoms. The van der Waals surface area contributed by atoms with E-state index in [4.69, 9.17) is 10.8 Å². The summed E-state index contributed by atoms with van der Waals surface area (Å²) in [5.74, 6) is -1.93. The van der Waals surface area contributed by atoms with E-state index in [2.05, 4.69) is 0 Å². The summed E-state index contributed by atoms with van der Waals surface area (Å²) in [5, 5.41) is 8.55. The first-order valence-electron chi connectivity index (χ1n) is 6.53. The van der Waals surface area contributed by atoms with Gasteiger partial charge in [0.15, 0.2) is 0 Å². The maximum absolute atomic E-state index is 14.2. The number of anilines is 1. The summed E-state index contributed by atoms with van der Waals surface area (Å²) in [6.45, 7) is 4.33. The number of aliphatic carboxylic acids is 1. The second-order valence-electron chi connectivity index (χ2n) is 5.12. The monoisotopic (exact) mass is 294 g/mol. The summed E-state index contributed by atoms with van der Waals surface area (Å²) < 4.78 is 14.2. The van der Waals surface area contributed by atoms with E-state index in [-0.39, 0.29) is 18.2 Å². The number of amides is 1. The normalized spacial score (nSPS) is 11.0. The highest BCUT2D eigenvalue weighted by atomic mass is 19.1. The van der Waals surface area contributed by atoms with Gasteiger partial charge >= 0.3 is 5.97 Å². The van der Waals surface area contributed by atoms with Crippen LogP contribution in [0.1, 0.15) is 19.4 Å². The van der Waals surface area contributed by atoms with Crippen molar-refractivity contribution in [2.24, 2.45) is 11.7 Å². The lowest BCUT2D eigenvalue weighted by Gasteiger charge is -2.25. The van der Waals surface area contributed by atoms with Crippen molar-refractivity contribution in [3.8, 4) is 0 Å². The number of nitrogens with zero attached hydrogens (tertiary/aromatic N) is 1. The summed E-state index contributed by atoms with van der Waals surface area (Å²) in [6, 6.07) is 4.33. The van der Waals surface area contributed by atoms with Crippen molar-refractivity contribution in [2.45, 2.75) is 13.8 Å². The Balaban J connectivity index is 3.03. The van der Waals surface area contributed by atoms with Gasteiger partial charge in [-0.1, -0.05) is 19.9 Å². The van der Waals surface area contributed by atoms with Gasteiger partial charge in [-0.15, -0.1) is 0 Å². The Morgan fingerprint density at radius 3 is 2.57 bits per heavy atom. The number of hydrogen-bond acceptors (Lipinski definition) is 3. The van der Waals surface area contributed by atoms with Gasteiger partial charge in [0.05, 0.1) is 12.2 Å². The molecule has 0 aliphatic heterocycles. The van der Waals surface area contributed by atoms with Crippen LogP contribution in [0.4, 0.5) is 10.1 Å². The lowest BCUT2D eigenvalue weighted by atomic mass is 10.1. The molecule has 6 heteroatoms. The molecule has 114 valence electrons. The van der Waals surface area contributed by atoms with Gasteiger partial charge in [0.1, 0.15) is 5.82 Å². The molecule has 0 saturated carbocycles. The zero-order chi connectivity index (χ0) is 16.0. The molecule has 1 aromatic carbocycles. The first kappa shape index (κ1) is 16.7. The maximum Gasteiger partial charge on any atom is 0.328 e. The molecule has 0 fully saturated rings. The summed E-state index contributed by atoms with van der Waals surface area (Å²) in [6.07, 6.45) is 2.24. The Hall–Kier alpha value is -2.37. The van der Waals surface area contributed by atoms with Crippen molar-refractivity contribution in [3.63, 3.8) is 0 Å². The molecule has 0 unspecified atom stereocenters. The molecule has 1 rings (SSSR count). The Labute approximate surface area is 122 Å². The van der Waals surface area contributed by atoms with Crippen molar-refractivity contribution < 1.29 is 19.1 Å². The van der Waals surface area contributed by atoms with Crippen molar-refractivity contribution >= 4 is 23.6 Å². The van der Waals surface area contributed by atoms with E-state index in [1.165, 1.54) is 18.2 Å². The highest BCUT2D eigenvalue weighted by Crippen LogP contribution is 2.22. The summed E-state index contributed by atoms with van der Waals surface area (Å²) in [5.41, 5.74) is 5.89. The minimum Gasteiger partial charge on any atom is -0.478 e. The van der Waals surface area contributed by atoms with Crippen LogP contribution in [0, 0.1) is 11.7 Å². The topological polar surface area (TPSA) is 83.6 Å². The van der Waals surface area contributed by atoms with Gasteiger partial charge in [0, 0.05) is 12.6 Å². The molecule has 0 radical (unpaired) electrons. The van der Waals surface area contributed by atoms with Gasteiger partial charge in [-0.25, -0.2) is 9.18 Å². The van der Waals surface area contributed by atoms with Gasteiger partial charge < -0.3 is 15.7 Å². The standard InChI is InChI=1S/C15H19FN2O3/c1-10(2)8-18(9-14(17)19)13-5-3-11(7-12(13)16)4-6-15(20)21/h3-7,10H,8-9H2,1-2H3,(H2,17,19)(H,20,21). The van der Waals surface area contributed by atoms with Crippen molar-refractivity contribution in [3.05, 3.63) is 35.7 Å². The fourth-order valence-corrected chi connectivity index (χ4v) is 1.93. The van der Waals surface area contributed by atoms with Crippen LogP contribution in [0.2, 0.25) is 0 Å². The second-order valence-corrected chi connectivity index (χ2v) is 5.12. The number of hydrogen-bond donors (Lipinski definition) is 2. The number of rotatable bonds is 7. The molecule has 0 aliphatic rings. The number of carboxylic acid groups (broad SMARTS) is 1. The minimum atomic E-state index is -1.10. The average Bonchev–Trinajstić information content (AvgIpc) is 2.34. The van der Waals surface area contributed by atoms with Crippen LogP contribution < -0.4 is 10.6 Å². The molecule has 1 aromatic rings. The molecular formula is C15H19FN2O3. The minimum absolute atomic E-state index is 0.0700. The Morgan fingerprint density at radius 2 is 2.10 bits per heavy atom. The van der Waals surface area contributed by atoms with E-state index in [0.717, 1.165) is 6.08 Å². The molecule has 1 amide bonds. The first-order valence-corrected chi connectivity index (χ1v) is 6.53. The number of halogens is 1. The number of benzene rings is 1. The van der Waals surface area contributed by atoms with Crippen LogP contribution in [-0.4, -0.2) is 30.1 Å². The Bertz CT molecular complexity index is 556. The van der Waals surface area contributed by atoms with Crippen molar-refractivity contribution in [1.82, 2.24) is 0 Å². The quantitative estimate of drug-likeness (QED) is 0.752. The van der Waals surface area contributed by atoms with Crippen LogP contribution in [0.15, 0.2) is 24.3 Å². The third kappa shape index (κ3) is 5.64. The van der Waals surface area contributed by atoms with Gasteiger partial charge in [0.2, 0.25) is 5.91 Å². The van der Waals surface area contributed by atoms with Crippen LogP contribution >= 0.6 is 0 Å². The third-order valence-corrected chi connectivity index (χ3v) is 2.66. The smallest absolute Gasteiger partial charge is 0.328 e. The predicted molar refractivity (Wildman–Crippen MR) is 79.3 cm³/mol. The van der Waals surface area contributed by atoms with Gasteiger partial charge in [-0.3, -0.25) is 4.79 Å². The van der Waals surface area contributed by atoms with Crippen LogP contribution in [0.5, 0.6) is 0 Å². The second kappa shape index (κ2) is 7.42. The number of carboxylic acids is 1. The van der Waals surface area contributed by atoms with Gasteiger partial charge in [-0.2, -0.15) is 0 Å². The van der Waals surface area contributed by atoms with Crippen LogP contribution in [0.3, 0.4) is 0 Å². The SMILES string of the molecule is CC(C)CN(CC(N)=O)c1ccc(C=CC(=O)O)cc1F. The first-order chi connectivity index (χ1) is 9.79. The van der Waals surface area contributed by atoms with E-state index in [0.29, 0.717) is 12.1 Å². The third-order valence-electron chi connectivity index (χ3n) is 2.66. The number of carbonyl (C=O) groups is 2. The largest absolute Gasteiger partial charge is 0.478 e. The van der Waals surface area contributed by atoms with Crippen LogP contribution in [0.25, 0.3) is 6.08 Å². The summed E-state index contributed by atoms with van der Waals surface area (Å²) in [4.78, 5) is 23.1. The molecule has 3 N–H and O–H groups in total. The molecule has 21 heavy (non-hydrogen) atoms. The predicted octanol–water partition coefficient (Wildman–Crippen LogP) is 1.87. The van der Waals surface area contributed by atoms with E-state index in [9.17, 15) is 14.0 Å². The summed E-state index contributed by atoms with van der Waals surface area (Å²) >= 11 is 0. The average molecular weight is 294 g/mol. The molecule has 0 aromatic heterocycles. The zero-order valence-corrected chi connectivity index (χ0v) is 12.0. The molecule has 0 saturated heterocycles. The Kier molecular flexibility index (Phi) is 5.90. The molecule has 0 atom stereocenters. The van der Waals surface area contributed by atoms with E-state index in [1.807, 2.05) is 13.8 Å². The molecule has 0 bridgehead atoms. The van der Waals surface area contributed by atoms with Gasteiger partial charge in [0.25, 0.3) is 0 Å². The highest BCUT2D eigenvalue weighted by molar-refractivity contribution is 5.85. The fraction of sp³-hybridized carbons (Fsp3) is 0.333. The van der Waals surface area contributed by atoms with Gasteiger partial charge in [-0.05, 0) is 29.7 Å². The van der Waals surface area contributed by atoms with E-state index >= 15 is 0 Å². The van der Waals surface area contributed by atoms with E-state index < -0.39 is 17.7 Å². The molecule has 0 aliphatic carbocycles. The maximum atomic E-state index is 14.2. The fourth-order valence-electron chi connectivity index (χ4n) is 1.93. The van der Waals surface area contributed by atoms with Crippen molar-refractivity contribution in [2.75, 3.05) is 18.0 Å². The molecule has 5 nitrogen and oxygen atoms in total. The number of nitrogens with two attached hydrogens (primary N) is 1. The lowest BCUT2D eigenvalue weighted by Crippen LogP contribution is -2.36.